The van der Waals surface area contributed by atoms with E-state index in [0.717, 1.165) is 16.9 Å². The van der Waals surface area contributed by atoms with Crippen LogP contribution in [-0.2, 0) is 9.53 Å². The van der Waals surface area contributed by atoms with E-state index >= 15 is 0 Å². The van der Waals surface area contributed by atoms with Crippen molar-refractivity contribution < 1.29 is 23.7 Å². The average Bonchev–Trinajstić information content (AvgIpc) is 3.31. The Balaban J connectivity index is 1.76. The molecule has 10 heteroatoms. The minimum Gasteiger partial charge on any atom is -0.497 e. The number of aromatic nitrogens is 3. The smallest absolute Gasteiger partial charge is 0.340 e. The third-order valence-electron chi connectivity index (χ3n) is 5.12. The van der Waals surface area contributed by atoms with Gasteiger partial charge in [-0.15, -0.1) is 10.2 Å². The number of fused-ring (bicyclic) bond motifs is 1. The Morgan fingerprint density at radius 1 is 1.03 bits per heavy atom. The maximum atomic E-state index is 13.0. The maximum absolute atomic E-state index is 13.0. The highest BCUT2D eigenvalue weighted by Gasteiger charge is 2.26. The van der Waals surface area contributed by atoms with Gasteiger partial charge in [0.2, 0.25) is 5.16 Å². The van der Waals surface area contributed by atoms with Gasteiger partial charge in [0, 0.05) is 11.3 Å². The summed E-state index contributed by atoms with van der Waals surface area (Å²) in [5.41, 5.74) is 2.50. The van der Waals surface area contributed by atoms with E-state index < -0.39 is 5.97 Å². The van der Waals surface area contributed by atoms with Gasteiger partial charge in [-0.2, -0.15) is 9.78 Å². The van der Waals surface area contributed by atoms with Crippen molar-refractivity contribution in [2.45, 2.75) is 19.0 Å². The third kappa shape index (κ3) is 5.32. The number of thioether (sulfide) groups is 1. The molecule has 35 heavy (non-hydrogen) atoms. The molecule has 2 heterocycles. The highest BCUT2D eigenvalue weighted by atomic mass is 32.2. The molecule has 1 aliphatic rings. The molecule has 0 fully saturated rings. The number of carbonyl (C=O) groups excluding carboxylic acids is 1. The Hall–Kier alpha value is -3.79. The quantitative estimate of drug-likeness (QED) is 0.321. The number of benzene rings is 2. The third-order valence-corrected chi connectivity index (χ3v) is 6.05. The van der Waals surface area contributed by atoms with Crippen molar-refractivity contribution in [3.63, 3.8) is 0 Å². The van der Waals surface area contributed by atoms with Gasteiger partial charge in [-0.05, 0) is 61.9 Å². The van der Waals surface area contributed by atoms with E-state index in [1.807, 2.05) is 43.3 Å². The summed E-state index contributed by atoms with van der Waals surface area (Å²) in [4.78, 5) is 13.0. The van der Waals surface area contributed by atoms with Crippen LogP contribution in [0.1, 0.15) is 19.4 Å². The van der Waals surface area contributed by atoms with E-state index in [1.165, 1.54) is 11.8 Å². The van der Waals surface area contributed by atoms with Crippen LogP contribution in [0.2, 0.25) is 0 Å². The normalized spacial score (nSPS) is 13.0. The molecule has 0 saturated carbocycles. The second kappa shape index (κ2) is 11.1. The van der Waals surface area contributed by atoms with E-state index in [1.54, 1.807) is 38.0 Å². The van der Waals surface area contributed by atoms with Crippen LogP contribution in [0.25, 0.3) is 17.5 Å². The molecule has 3 aromatic rings. The van der Waals surface area contributed by atoms with Gasteiger partial charge in [0.05, 0.1) is 38.7 Å². The molecule has 0 amide bonds. The number of methoxy groups -OCH3 is 2. The van der Waals surface area contributed by atoms with Crippen LogP contribution < -0.4 is 14.2 Å². The molecule has 0 atom stereocenters. The Kier molecular flexibility index (Phi) is 7.71. The summed E-state index contributed by atoms with van der Waals surface area (Å²) in [5, 5.41) is 14.0. The van der Waals surface area contributed by atoms with Crippen LogP contribution in [0, 0.1) is 0 Å². The summed E-state index contributed by atoms with van der Waals surface area (Å²) in [5.74, 6) is 2.51. The van der Waals surface area contributed by atoms with Crippen molar-refractivity contribution in [1.29, 1.82) is 0 Å². The summed E-state index contributed by atoms with van der Waals surface area (Å²) in [6.45, 7) is 4.41. The van der Waals surface area contributed by atoms with Crippen LogP contribution in [0.4, 0.5) is 0 Å². The van der Waals surface area contributed by atoms with Crippen LogP contribution in [0.3, 0.4) is 0 Å². The first kappa shape index (κ1) is 24.3. The minimum atomic E-state index is -0.455. The molecule has 2 aromatic carbocycles. The SMILES string of the molecule is CCOC(=O)/C(=C/c1ccc(OC)c(OCC)c1)C1=Nn2c(nnc2-c2ccc(OC)cc2)SC1. The second-order valence-corrected chi connectivity index (χ2v) is 8.25. The minimum absolute atomic E-state index is 0.248. The van der Waals surface area contributed by atoms with Gasteiger partial charge >= 0.3 is 5.97 Å². The van der Waals surface area contributed by atoms with Crippen molar-refractivity contribution in [2.24, 2.45) is 5.10 Å². The topological polar surface area (TPSA) is 97.1 Å². The predicted octanol–water partition coefficient (Wildman–Crippen LogP) is 4.32. The molecule has 0 bridgehead atoms. The largest absolute Gasteiger partial charge is 0.497 e. The molecular formula is C25H26N4O5S. The molecule has 0 spiro atoms. The molecule has 0 radical (unpaired) electrons. The molecule has 0 unspecified atom stereocenters. The van der Waals surface area contributed by atoms with E-state index in [4.69, 9.17) is 24.0 Å². The lowest BCUT2D eigenvalue weighted by molar-refractivity contribution is -0.137. The van der Waals surface area contributed by atoms with E-state index in [2.05, 4.69) is 10.2 Å². The van der Waals surface area contributed by atoms with Crippen molar-refractivity contribution in [3.8, 4) is 28.6 Å². The zero-order valence-electron chi connectivity index (χ0n) is 20.0. The molecule has 0 aliphatic carbocycles. The monoisotopic (exact) mass is 494 g/mol. The lowest BCUT2D eigenvalue weighted by atomic mass is 10.1. The molecule has 1 aromatic heterocycles. The summed E-state index contributed by atoms with van der Waals surface area (Å²) in [6, 6.07) is 13.0. The fourth-order valence-corrected chi connectivity index (χ4v) is 4.29. The van der Waals surface area contributed by atoms with Gasteiger partial charge in [0.1, 0.15) is 5.75 Å². The Morgan fingerprint density at radius 3 is 2.51 bits per heavy atom. The van der Waals surface area contributed by atoms with Crippen molar-refractivity contribution >= 4 is 29.5 Å². The molecule has 182 valence electrons. The first-order valence-electron chi connectivity index (χ1n) is 11.1. The molecule has 9 nitrogen and oxygen atoms in total. The average molecular weight is 495 g/mol. The van der Waals surface area contributed by atoms with E-state index in [9.17, 15) is 4.79 Å². The van der Waals surface area contributed by atoms with Gasteiger partial charge in [-0.1, -0.05) is 17.8 Å². The van der Waals surface area contributed by atoms with Gasteiger partial charge in [0.25, 0.3) is 0 Å². The molecule has 1 aliphatic heterocycles. The standard InChI is InChI=1S/C25H26N4O5S/c1-5-33-22-14-16(7-12-21(22)32-4)13-19(24(30)34-6-2)20-15-35-25-27-26-23(29(25)28-20)17-8-10-18(31-3)11-9-17/h7-14H,5-6,15H2,1-4H3/b19-13+. The Bertz CT molecular complexity index is 1270. The molecule has 0 N–H and O–H groups in total. The number of nitrogens with zero attached hydrogens (tertiary/aromatic N) is 4. The van der Waals surface area contributed by atoms with Crippen LogP contribution in [-0.4, -0.2) is 59.7 Å². The Morgan fingerprint density at radius 2 is 1.83 bits per heavy atom. The van der Waals surface area contributed by atoms with Crippen molar-refractivity contribution in [2.75, 3.05) is 33.2 Å². The van der Waals surface area contributed by atoms with Gasteiger partial charge in [-0.25, -0.2) is 4.79 Å². The van der Waals surface area contributed by atoms with Crippen molar-refractivity contribution in [3.05, 3.63) is 53.6 Å². The first-order chi connectivity index (χ1) is 17.1. The summed E-state index contributed by atoms with van der Waals surface area (Å²) in [7, 11) is 3.20. The fourth-order valence-electron chi connectivity index (χ4n) is 3.47. The summed E-state index contributed by atoms with van der Waals surface area (Å²) < 4.78 is 23.3. The fraction of sp³-hybridized carbons (Fsp3) is 0.280. The molecule has 0 saturated heterocycles. The second-order valence-electron chi connectivity index (χ2n) is 7.30. The number of ether oxygens (including phenoxy) is 4. The van der Waals surface area contributed by atoms with E-state index in [0.29, 0.717) is 46.1 Å². The highest BCUT2D eigenvalue weighted by Crippen LogP contribution is 2.32. The number of carbonyl (C=O) groups is 1. The molecule has 4 rings (SSSR count). The van der Waals surface area contributed by atoms with Crippen LogP contribution in [0.5, 0.6) is 17.2 Å². The Labute approximate surface area is 207 Å². The van der Waals surface area contributed by atoms with Gasteiger partial charge in [0.15, 0.2) is 17.3 Å². The van der Waals surface area contributed by atoms with E-state index in [-0.39, 0.29) is 6.61 Å². The number of hydrogen-bond acceptors (Lipinski definition) is 9. The van der Waals surface area contributed by atoms with Crippen LogP contribution in [0.15, 0.2) is 58.3 Å². The highest BCUT2D eigenvalue weighted by molar-refractivity contribution is 7.99. The zero-order chi connectivity index (χ0) is 24.8. The maximum Gasteiger partial charge on any atom is 0.340 e. The molecular weight excluding hydrogens is 468 g/mol. The van der Waals surface area contributed by atoms with Gasteiger partial charge < -0.3 is 18.9 Å². The summed E-state index contributed by atoms with van der Waals surface area (Å²) in [6.07, 6.45) is 1.75. The van der Waals surface area contributed by atoms with Crippen LogP contribution >= 0.6 is 11.8 Å². The lowest BCUT2D eigenvalue weighted by Gasteiger charge is -2.16. The predicted molar refractivity (Wildman–Crippen MR) is 134 cm³/mol. The first-order valence-corrected chi connectivity index (χ1v) is 12.1. The van der Waals surface area contributed by atoms with Gasteiger partial charge in [-0.3, -0.25) is 0 Å². The number of hydrogen-bond donors (Lipinski definition) is 0. The van der Waals surface area contributed by atoms with Crippen molar-refractivity contribution in [1.82, 2.24) is 14.9 Å². The number of rotatable bonds is 9. The summed E-state index contributed by atoms with van der Waals surface area (Å²) >= 11 is 1.45. The lowest BCUT2D eigenvalue weighted by Crippen LogP contribution is -2.21. The zero-order valence-corrected chi connectivity index (χ0v) is 20.8. The number of esters is 1.